The van der Waals surface area contributed by atoms with Gasteiger partial charge in [-0.15, -0.1) is 5.10 Å². The third-order valence-electron chi connectivity index (χ3n) is 4.90. The van der Waals surface area contributed by atoms with Gasteiger partial charge < -0.3 is 9.47 Å². The zero-order valence-electron chi connectivity index (χ0n) is 18.1. The number of fused-ring (bicyclic) bond motifs is 1. The first-order valence-electron chi connectivity index (χ1n) is 10.2. The molecule has 0 atom stereocenters. The number of methoxy groups -OCH3 is 1. The second-order valence-electron chi connectivity index (χ2n) is 7.86. The number of nitrogens with zero attached hydrogens (tertiary/aromatic N) is 3. The van der Waals surface area contributed by atoms with Gasteiger partial charge in [-0.25, -0.2) is 0 Å². The van der Waals surface area contributed by atoms with Crippen molar-refractivity contribution in [1.29, 1.82) is 0 Å². The van der Waals surface area contributed by atoms with E-state index in [1.54, 1.807) is 7.11 Å². The minimum absolute atomic E-state index is 0.178. The standard InChI is InChI=1S/C24H25N3O3S/c1-15(2)10-11-30-19-9-8-17(13-20(19)29-4)14-21-23(28)27-24(31-21)25-22(26-27)18-7-5-6-16(3)12-18/h5-9,12-15H,10-11H2,1-4H3. The fraction of sp³-hybridized carbons (Fsp3) is 0.292. The minimum atomic E-state index is -0.178. The molecule has 0 aliphatic rings. The smallest absolute Gasteiger partial charge is 0.291 e. The summed E-state index contributed by atoms with van der Waals surface area (Å²) < 4.78 is 13.3. The molecule has 0 saturated carbocycles. The molecule has 0 N–H and O–H groups in total. The van der Waals surface area contributed by atoms with Gasteiger partial charge in [-0.3, -0.25) is 4.79 Å². The molecule has 0 aliphatic carbocycles. The van der Waals surface area contributed by atoms with Crippen LogP contribution < -0.4 is 19.6 Å². The molecule has 160 valence electrons. The summed E-state index contributed by atoms with van der Waals surface area (Å²) in [5.74, 6) is 2.48. The molecule has 2 aromatic heterocycles. The fourth-order valence-electron chi connectivity index (χ4n) is 3.19. The van der Waals surface area contributed by atoms with Crippen LogP contribution in [-0.2, 0) is 0 Å². The first-order valence-corrected chi connectivity index (χ1v) is 11.1. The van der Waals surface area contributed by atoms with E-state index in [4.69, 9.17) is 9.47 Å². The van der Waals surface area contributed by atoms with Crippen LogP contribution in [0.25, 0.3) is 22.4 Å². The van der Waals surface area contributed by atoms with Gasteiger partial charge in [0.2, 0.25) is 4.96 Å². The van der Waals surface area contributed by atoms with E-state index in [9.17, 15) is 4.79 Å². The number of thiazole rings is 1. The Balaban J connectivity index is 1.64. The number of benzene rings is 2. The van der Waals surface area contributed by atoms with Crippen LogP contribution in [0.1, 0.15) is 31.4 Å². The van der Waals surface area contributed by atoms with Gasteiger partial charge in [-0.05, 0) is 49.1 Å². The number of aromatic nitrogens is 3. The van der Waals surface area contributed by atoms with E-state index in [2.05, 4.69) is 23.9 Å². The summed E-state index contributed by atoms with van der Waals surface area (Å²) in [6.07, 6.45) is 2.80. The molecule has 0 unspecified atom stereocenters. The molecule has 4 rings (SSSR count). The van der Waals surface area contributed by atoms with E-state index < -0.39 is 0 Å². The summed E-state index contributed by atoms with van der Waals surface area (Å²) in [7, 11) is 1.61. The number of rotatable bonds is 7. The van der Waals surface area contributed by atoms with Crippen molar-refractivity contribution in [2.24, 2.45) is 5.92 Å². The maximum Gasteiger partial charge on any atom is 0.291 e. The molecule has 0 bridgehead atoms. The maximum atomic E-state index is 12.9. The highest BCUT2D eigenvalue weighted by Gasteiger charge is 2.12. The number of hydrogen-bond donors (Lipinski definition) is 0. The Bertz CT molecular complexity index is 1320. The molecule has 7 heteroatoms. The summed E-state index contributed by atoms with van der Waals surface area (Å²) in [6, 6.07) is 13.6. The Kier molecular flexibility index (Phi) is 6.04. The van der Waals surface area contributed by atoms with E-state index in [1.165, 1.54) is 15.9 Å². The molecule has 0 aliphatic heterocycles. The van der Waals surface area contributed by atoms with Crippen molar-refractivity contribution in [3.05, 3.63) is 68.5 Å². The molecule has 31 heavy (non-hydrogen) atoms. The van der Waals surface area contributed by atoms with Crippen molar-refractivity contribution in [2.75, 3.05) is 13.7 Å². The molecular weight excluding hydrogens is 410 g/mol. The summed E-state index contributed by atoms with van der Waals surface area (Å²) in [5.41, 5.74) is 2.70. The van der Waals surface area contributed by atoms with Crippen molar-refractivity contribution in [3.63, 3.8) is 0 Å². The van der Waals surface area contributed by atoms with Crippen LogP contribution >= 0.6 is 11.3 Å². The molecule has 0 saturated heterocycles. The van der Waals surface area contributed by atoms with Crippen molar-refractivity contribution in [1.82, 2.24) is 14.6 Å². The van der Waals surface area contributed by atoms with Crippen LogP contribution in [0.4, 0.5) is 0 Å². The van der Waals surface area contributed by atoms with Crippen molar-refractivity contribution < 1.29 is 9.47 Å². The molecule has 6 nitrogen and oxygen atoms in total. The maximum absolute atomic E-state index is 12.9. The highest BCUT2D eigenvalue weighted by molar-refractivity contribution is 7.15. The van der Waals surface area contributed by atoms with Crippen molar-refractivity contribution >= 4 is 22.4 Å². The molecule has 4 aromatic rings. The first-order chi connectivity index (χ1) is 14.9. The van der Waals surface area contributed by atoms with Gasteiger partial charge in [-0.2, -0.15) is 9.50 Å². The van der Waals surface area contributed by atoms with Crippen LogP contribution in [0.3, 0.4) is 0 Å². The lowest BCUT2D eigenvalue weighted by Gasteiger charge is -2.12. The first kappa shape index (κ1) is 21.1. The van der Waals surface area contributed by atoms with Crippen LogP contribution in [0.2, 0.25) is 0 Å². The highest BCUT2D eigenvalue weighted by atomic mass is 32.1. The molecule has 0 spiro atoms. The summed E-state index contributed by atoms with van der Waals surface area (Å²) in [4.78, 5) is 18.0. The fourth-order valence-corrected chi connectivity index (χ4v) is 4.10. The van der Waals surface area contributed by atoms with Crippen LogP contribution in [0.15, 0.2) is 47.3 Å². The van der Waals surface area contributed by atoms with Crippen LogP contribution in [0, 0.1) is 12.8 Å². The van der Waals surface area contributed by atoms with Crippen molar-refractivity contribution in [3.8, 4) is 22.9 Å². The van der Waals surface area contributed by atoms with Crippen molar-refractivity contribution in [2.45, 2.75) is 27.2 Å². The monoisotopic (exact) mass is 435 g/mol. The van der Waals surface area contributed by atoms with E-state index in [-0.39, 0.29) is 5.56 Å². The second kappa shape index (κ2) is 8.89. The number of ether oxygens (including phenoxy) is 2. The number of hydrogen-bond acceptors (Lipinski definition) is 6. The van der Waals surface area contributed by atoms with Gasteiger partial charge in [0.05, 0.1) is 18.2 Å². The summed E-state index contributed by atoms with van der Waals surface area (Å²) in [6.45, 7) is 6.98. The zero-order chi connectivity index (χ0) is 22.0. The van der Waals surface area contributed by atoms with Crippen LogP contribution in [-0.4, -0.2) is 28.3 Å². The quantitative estimate of drug-likeness (QED) is 0.437. The summed E-state index contributed by atoms with van der Waals surface area (Å²) >= 11 is 1.32. The lowest BCUT2D eigenvalue weighted by atomic mass is 10.1. The zero-order valence-corrected chi connectivity index (χ0v) is 18.9. The lowest BCUT2D eigenvalue weighted by Crippen LogP contribution is -2.23. The SMILES string of the molecule is COc1cc(C=c2sc3nc(-c4cccc(C)c4)nn3c2=O)ccc1OCCC(C)C. The Morgan fingerprint density at radius 1 is 1.16 bits per heavy atom. The largest absolute Gasteiger partial charge is 0.493 e. The molecule has 2 aromatic carbocycles. The minimum Gasteiger partial charge on any atom is -0.493 e. The van der Waals surface area contributed by atoms with Gasteiger partial charge in [0.15, 0.2) is 17.3 Å². The Hall–Kier alpha value is -3.19. The Labute approximate surface area is 184 Å². The second-order valence-corrected chi connectivity index (χ2v) is 8.87. The topological polar surface area (TPSA) is 65.7 Å². The van der Waals surface area contributed by atoms with Crippen LogP contribution in [0.5, 0.6) is 11.5 Å². The van der Waals surface area contributed by atoms with Gasteiger partial charge in [0.1, 0.15) is 0 Å². The van der Waals surface area contributed by atoms with Gasteiger partial charge >= 0.3 is 0 Å². The average Bonchev–Trinajstić information content (AvgIpc) is 3.28. The average molecular weight is 436 g/mol. The Morgan fingerprint density at radius 3 is 2.71 bits per heavy atom. The molecule has 0 fully saturated rings. The Morgan fingerprint density at radius 2 is 2.00 bits per heavy atom. The molecule has 2 heterocycles. The molecule has 0 radical (unpaired) electrons. The van der Waals surface area contributed by atoms with Gasteiger partial charge in [0, 0.05) is 5.56 Å². The highest BCUT2D eigenvalue weighted by Crippen LogP contribution is 2.28. The normalized spacial score (nSPS) is 12.1. The van der Waals surface area contributed by atoms with E-state index in [0.29, 0.717) is 39.3 Å². The van der Waals surface area contributed by atoms with E-state index in [0.717, 1.165) is 23.1 Å². The third kappa shape index (κ3) is 4.61. The number of aryl methyl sites for hydroxylation is 1. The predicted molar refractivity (Wildman–Crippen MR) is 124 cm³/mol. The van der Waals surface area contributed by atoms with Gasteiger partial charge in [0.25, 0.3) is 5.56 Å². The molecule has 0 amide bonds. The third-order valence-corrected chi connectivity index (χ3v) is 5.86. The van der Waals surface area contributed by atoms with E-state index in [1.807, 2.05) is 55.5 Å². The van der Waals surface area contributed by atoms with Gasteiger partial charge in [-0.1, -0.05) is 55.0 Å². The lowest BCUT2D eigenvalue weighted by molar-refractivity contribution is 0.273. The summed E-state index contributed by atoms with van der Waals surface area (Å²) in [5, 5.41) is 4.42. The van der Waals surface area contributed by atoms with E-state index >= 15 is 0 Å². The predicted octanol–water partition coefficient (Wildman–Crippen LogP) is 4.11. The molecular formula is C24H25N3O3S.